The van der Waals surface area contributed by atoms with E-state index in [1.165, 1.54) is 11.3 Å². The van der Waals surface area contributed by atoms with E-state index in [-0.39, 0.29) is 5.91 Å². The van der Waals surface area contributed by atoms with Gasteiger partial charge in [-0.3, -0.25) is 4.79 Å². The van der Waals surface area contributed by atoms with Crippen LogP contribution < -0.4 is 9.54 Å². The molecule has 0 bridgehead atoms. The molecule has 0 aliphatic heterocycles. The highest BCUT2D eigenvalue weighted by Gasteiger charge is 2.13. The second kappa shape index (κ2) is 8.11. The third-order valence-corrected chi connectivity index (χ3v) is 5.55. The molecule has 0 fully saturated rings. The van der Waals surface area contributed by atoms with Gasteiger partial charge >= 0.3 is 0 Å². The lowest BCUT2D eigenvalue weighted by Crippen LogP contribution is -2.14. The van der Waals surface area contributed by atoms with Gasteiger partial charge in [-0.25, -0.2) is 0 Å². The minimum absolute atomic E-state index is 0.338. The van der Waals surface area contributed by atoms with Crippen molar-refractivity contribution >= 4 is 28.8 Å². The van der Waals surface area contributed by atoms with E-state index in [2.05, 4.69) is 4.99 Å². The molecule has 0 atom stereocenters. The van der Waals surface area contributed by atoms with Crippen molar-refractivity contribution in [3.05, 3.63) is 68.3 Å². The fourth-order valence-corrected chi connectivity index (χ4v) is 4.19. The van der Waals surface area contributed by atoms with E-state index >= 15 is 0 Å². The van der Waals surface area contributed by atoms with E-state index in [0.29, 0.717) is 22.0 Å². The number of hydrogen-bond donors (Lipinski definition) is 0. The number of amides is 1. The van der Waals surface area contributed by atoms with Crippen LogP contribution >= 0.6 is 22.9 Å². The van der Waals surface area contributed by atoms with Crippen molar-refractivity contribution in [2.75, 3.05) is 6.61 Å². The molecule has 3 rings (SSSR count). The minimum atomic E-state index is -0.338. The number of rotatable bonds is 4. The van der Waals surface area contributed by atoms with Gasteiger partial charge < -0.3 is 9.30 Å². The van der Waals surface area contributed by atoms with E-state index in [1.54, 1.807) is 12.1 Å². The predicted molar refractivity (Wildman–Crippen MR) is 111 cm³/mol. The van der Waals surface area contributed by atoms with Crippen LogP contribution in [0.1, 0.15) is 27.7 Å². The zero-order valence-corrected chi connectivity index (χ0v) is 17.3. The number of benzene rings is 2. The molecular formula is C21H21ClN2O2S. The molecule has 0 N–H and O–H groups in total. The van der Waals surface area contributed by atoms with Crippen LogP contribution in [0.15, 0.2) is 47.5 Å². The first-order valence-electron chi connectivity index (χ1n) is 8.65. The van der Waals surface area contributed by atoms with Crippen molar-refractivity contribution in [2.24, 2.45) is 12.0 Å². The van der Waals surface area contributed by atoms with Crippen LogP contribution in [-0.4, -0.2) is 17.1 Å². The molecule has 0 spiro atoms. The summed E-state index contributed by atoms with van der Waals surface area (Å²) >= 11 is 7.69. The highest BCUT2D eigenvalue weighted by molar-refractivity contribution is 7.09. The summed E-state index contributed by atoms with van der Waals surface area (Å²) in [5, 5.41) is 0.423. The molecule has 27 heavy (non-hydrogen) atoms. The fourth-order valence-electron chi connectivity index (χ4n) is 2.90. The monoisotopic (exact) mass is 400 g/mol. The Morgan fingerprint density at radius 2 is 1.89 bits per heavy atom. The second-order valence-electron chi connectivity index (χ2n) is 6.21. The number of hydrogen-bond acceptors (Lipinski definition) is 3. The zero-order chi connectivity index (χ0) is 19.6. The molecule has 140 valence electrons. The fraction of sp³-hybridized carbons (Fsp3) is 0.238. The standard InChI is InChI=1S/C21H21ClN2O2S/c1-5-26-16-9-7-15(8-10-16)19-14(3)27-21(24(19)4)23-20(25)17-11-6-13(2)12-18(17)22/h6-12H,5H2,1-4H3. The van der Waals surface area contributed by atoms with Gasteiger partial charge in [0.1, 0.15) is 5.75 Å². The largest absolute Gasteiger partial charge is 0.494 e. The molecule has 1 heterocycles. The van der Waals surface area contributed by atoms with Gasteiger partial charge in [-0.2, -0.15) is 4.99 Å². The van der Waals surface area contributed by atoms with E-state index < -0.39 is 0 Å². The molecule has 0 saturated heterocycles. The lowest BCUT2D eigenvalue weighted by atomic mass is 10.1. The Balaban J connectivity index is 2.00. The van der Waals surface area contributed by atoms with Crippen molar-refractivity contribution < 1.29 is 9.53 Å². The molecule has 1 amide bonds. The minimum Gasteiger partial charge on any atom is -0.494 e. The maximum Gasteiger partial charge on any atom is 0.281 e. The maximum absolute atomic E-state index is 12.6. The topological polar surface area (TPSA) is 43.6 Å². The number of ether oxygens (including phenoxy) is 1. The number of carbonyl (C=O) groups excluding carboxylic acids is 1. The van der Waals surface area contributed by atoms with Crippen molar-refractivity contribution in [3.8, 4) is 17.0 Å². The summed E-state index contributed by atoms with van der Waals surface area (Å²) in [5.74, 6) is 0.501. The van der Waals surface area contributed by atoms with Crippen molar-refractivity contribution in [3.63, 3.8) is 0 Å². The number of aromatic nitrogens is 1. The van der Waals surface area contributed by atoms with Gasteiger partial charge in [0.05, 0.1) is 22.9 Å². The van der Waals surface area contributed by atoms with Gasteiger partial charge in [-0.1, -0.05) is 17.7 Å². The Morgan fingerprint density at radius 1 is 1.19 bits per heavy atom. The average Bonchev–Trinajstić information content (AvgIpc) is 2.89. The third-order valence-electron chi connectivity index (χ3n) is 4.19. The van der Waals surface area contributed by atoms with Crippen LogP contribution in [-0.2, 0) is 7.05 Å². The summed E-state index contributed by atoms with van der Waals surface area (Å²) in [4.78, 5) is 18.6. The Labute approximate surface area is 167 Å². The summed E-state index contributed by atoms with van der Waals surface area (Å²) in [5.41, 5.74) is 3.50. The summed E-state index contributed by atoms with van der Waals surface area (Å²) in [6.45, 7) is 6.56. The van der Waals surface area contributed by atoms with Crippen LogP contribution in [0.2, 0.25) is 5.02 Å². The van der Waals surface area contributed by atoms with Gasteiger partial charge in [-0.15, -0.1) is 11.3 Å². The van der Waals surface area contributed by atoms with Gasteiger partial charge in [0, 0.05) is 11.9 Å². The molecule has 4 nitrogen and oxygen atoms in total. The van der Waals surface area contributed by atoms with Gasteiger partial charge in [0.15, 0.2) is 4.80 Å². The molecule has 0 aliphatic carbocycles. The van der Waals surface area contributed by atoms with Gasteiger partial charge in [0.2, 0.25) is 0 Å². The third kappa shape index (κ3) is 4.15. The van der Waals surface area contributed by atoms with Crippen LogP contribution in [0.25, 0.3) is 11.3 Å². The molecule has 2 aromatic carbocycles. The predicted octanol–water partition coefficient (Wildman–Crippen LogP) is 5.16. The Hall–Kier alpha value is -2.37. The molecule has 0 aliphatic rings. The number of nitrogens with zero attached hydrogens (tertiary/aromatic N) is 2. The first-order valence-corrected chi connectivity index (χ1v) is 9.85. The maximum atomic E-state index is 12.6. The smallest absolute Gasteiger partial charge is 0.281 e. The first kappa shape index (κ1) is 19.4. The molecule has 6 heteroatoms. The van der Waals surface area contributed by atoms with E-state index in [4.69, 9.17) is 16.3 Å². The number of carbonyl (C=O) groups is 1. The second-order valence-corrected chi connectivity index (χ2v) is 7.79. The van der Waals surface area contributed by atoms with Crippen LogP contribution in [0, 0.1) is 13.8 Å². The van der Waals surface area contributed by atoms with Gasteiger partial charge in [-0.05, 0) is 68.3 Å². The van der Waals surface area contributed by atoms with Crippen molar-refractivity contribution in [1.29, 1.82) is 0 Å². The highest BCUT2D eigenvalue weighted by atomic mass is 35.5. The van der Waals surface area contributed by atoms with Crippen molar-refractivity contribution in [1.82, 2.24) is 4.57 Å². The summed E-state index contributed by atoms with van der Waals surface area (Å²) < 4.78 is 7.44. The molecule has 0 radical (unpaired) electrons. The Morgan fingerprint density at radius 3 is 2.52 bits per heavy atom. The van der Waals surface area contributed by atoms with Gasteiger partial charge in [0.25, 0.3) is 5.91 Å². The molecular weight excluding hydrogens is 380 g/mol. The summed E-state index contributed by atoms with van der Waals surface area (Å²) in [6, 6.07) is 13.3. The van der Waals surface area contributed by atoms with E-state index in [9.17, 15) is 4.79 Å². The lowest BCUT2D eigenvalue weighted by Gasteiger charge is -2.07. The Kier molecular flexibility index (Phi) is 5.82. The quantitative estimate of drug-likeness (QED) is 0.606. The molecule has 1 aromatic heterocycles. The first-order chi connectivity index (χ1) is 12.9. The number of halogens is 1. The number of aryl methyl sites for hydroxylation is 2. The molecule has 0 saturated carbocycles. The molecule has 0 unspecified atom stereocenters. The van der Waals surface area contributed by atoms with E-state index in [1.807, 2.05) is 62.7 Å². The SMILES string of the molecule is CCOc1ccc(-c2c(C)sc(=NC(=O)c3ccc(C)cc3Cl)n2C)cc1. The van der Waals surface area contributed by atoms with Crippen molar-refractivity contribution in [2.45, 2.75) is 20.8 Å². The normalized spacial score (nSPS) is 11.7. The van der Waals surface area contributed by atoms with E-state index in [0.717, 1.165) is 27.4 Å². The average molecular weight is 401 g/mol. The van der Waals surface area contributed by atoms with Crippen LogP contribution in [0.4, 0.5) is 0 Å². The lowest BCUT2D eigenvalue weighted by molar-refractivity contribution is 0.0998. The van der Waals surface area contributed by atoms with Crippen LogP contribution in [0.5, 0.6) is 5.75 Å². The highest BCUT2D eigenvalue weighted by Crippen LogP contribution is 2.26. The number of thiazole rings is 1. The zero-order valence-electron chi connectivity index (χ0n) is 15.7. The molecule has 3 aromatic rings. The Bertz CT molecular complexity index is 1050. The summed E-state index contributed by atoms with van der Waals surface area (Å²) in [7, 11) is 1.91. The van der Waals surface area contributed by atoms with Crippen LogP contribution in [0.3, 0.4) is 0 Å². The summed E-state index contributed by atoms with van der Waals surface area (Å²) in [6.07, 6.45) is 0.